The third-order valence-corrected chi connectivity index (χ3v) is 11.1. The highest BCUT2D eigenvalue weighted by molar-refractivity contribution is 6.26. The molecule has 4 aromatic rings. The maximum atomic E-state index is 12.7. The van der Waals surface area contributed by atoms with Crippen LogP contribution in [-0.4, -0.2) is 52.1 Å². The summed E-state index contributed by atoms with van der Waals surface area (Å²) in [5.41, 5.74) is 0. The summed E-state index contributed by atoms with van der Waals surface area (Å²) in [5.74, 6) is 4.03. The maximum Gasteiger partial charge on any atom is 0.257 e. The van der Waals surface area contributed by atoms with Crippen molar-refractivity contribution in [3.05, 3.63) is 36.4 Å². The van der Waals surface area contributed by atoms with Crippen molar-refractivity contribution in [2.75, 3.05) is 46.2 Å². The van der Waals surface area contributed by atoms with E-state index in [-0.39, 0.29) is 12.5 Å². The van der Waals surface area contributed by atoms with Gasteiger partial charge in [-0.25, -0.2) is 0 Å². The summed E-state index contributed by atoms with van der Waals surface area (Å²) in [6, 6.07) is 12.8. The molecular weight excluding hydrogens is 751 g/mol. The zero-order chi connectivity index (χ0) is 42.8. The van der Waals surface area contributed by atoms with Crippen LogP contribution in [0, 0.1) is 0 Å². The van der Waals surface area contributed by atoms with E-state index in [0.29, 0.717) is 51.1 Å². The van der Waals surface area contributed by atoms with Gasteiger partial charge in [-0.1, -0.05) is 131 Å². The zero-order valence-electron chi connectivity index (χ0n) is 38.4. The first-order chi connectivity index (χ1) is 29.5. The van der Waals surface area contributed by atoms with Crippen molar-refractivity contribution >= 4 is 38.2 Å². The summed E-state index contributed by atoms with van der Waals surface area (Å²) in [5, 5.41) is 9.00. The molecule has 0 aliphatic carbocycles. The number of likely N-dealkylation sites (N-methyl/N-ethyl adjacent to an activating group) is 1. The first-order valence-electron chi connectivity index (χ1n) is 24.1. The summed E-state index contributed by atoms with van der Waals surface area (Å²) >= 11 is 0. The Morgan fingerprint density at radius 2 is 0.583 bits per heavy atom. The van der Waals surface area contributed by atoms with Gasteiger partial charge in [0.15, 0.2) is 41.1 Å². The summed E-state index contributed by atoms with van der Waals surface area (Å²) in [4.78, 5) is 12.7. The Morgan fingerprint density at radius 3 is 0.800 bits per heavy atom. The average molecular weight is 830 g/mol. The molecule has 334 valence electrons. The first-order valence-corrected chi connectivity index (χ1v) is 24.1. The number of amides is 1. The van der Waals surface area contributed by atoms with E-state index in [1.807, 2.05) is 6.92 Å². The standard InChI is InChI=1S/C52H79NO7/c1-7-13-18-23-28-55-46-33-40-41-34-47(56-29-24-19-14-8-2)49(58-31-26-21-16-10-4)36-43(41)45-38-51(60-39-52(54)53-12-6)50(59-32-27-22-17-11-5)37-44(45)42(40)35-48(46)57-30-25-20-15-9-3/h33-38H,7-32,39H2,1-6H3,(H,53,54). The molecule has 0 aliphatic rings. The molecule has 0 spiro atoms. The van der Waals surface area contributed by atoms with Gasteiger partial charge in [0.1, 0.15) is 0 Å². The maximum absolute atomic E-state index is 12.7. The number of hydrogen-bond acceptors (Lipinski definition) is 7. The Balaban J connectivity index is 1.98. The molecular formula is C52H79NO7. The number of unbranched alkanes of at least 4 members (excludes halogenated alkanes) is 15. The van der Waals surface area contributed by atoms with Crippen molar-refractivity contribution in [3.63, 3.8) is 0 Å². The fraction of sp³-hybridized carbons (Fsp3) is 0.635. The summed E-state index contributed by atoms with van der Waals surface area (Å²) in [6.07, 6.45) is 22.3. The molecule has 8 heteroatoms. The normalized spacial score (nSPS) is 11.4. The van der Waals surface area contributed by atoms with E-state index in [0.717, 1.165) is 132 Å². The molecule has 0 saturated heterocycles. The van der Waals surface area contributed by atoms with Gasteiger partial charge in [-0.3, -0.25) is 4.79 Å². The van der Waals surface area contributed by atoms with Crippen LogP contribution in [0.5, 0.6) is 34.5 Å². The lowest BCUT2D eigenvalue weighted by Crippen LogP contribution is -2.28. The van der Waals surface area contributed by atoms with Gasteiger partial charge >= 0.3 is 0 Å². The lowest BCUT2D eigenvalue weighted by Gasteiger charge is -2.20. The van der Waals surface area contributed by atoms with Crippen molar-refractivity contribution in [3.8, 4) is 34.5 Å². The quantitative estimate of drug-likeness (QED) is 0.0371. The molecule has 1 amide bonds. The van der Waals surface area contributed by atoms with Crippen molar-refractivity contribution < 1.29 is 33.2 Å². The van der Waals surface area contributed by atoms with Crippen molar-refractivity contribution in [2.24, 2.45) is 0 Å². The molecule has 0 atom stereocenters. The van der Waals surface area contributed by atoms with E-state index < -0.39 is 0 Å². The van der Waals surface area contributed by atoms with Crippen LogP contribution in [0.25, 0.3) is 32.3 Å². The minimum atomic E-state index is -0.169. The van der Waals surface area contributed by atoms with Crippen LogP contribution in [0.15, 0.2) is 36.4 Å². The average Bonchev–Trinajstić information content (AvgIpc) is 3.25. The number of carbonyl (C=O) groups is 1. The minimum absolute atomic E-state index is 0.103. The molecule has 8 nitrogen and oxygen atoms in total. The Bertz CT molecular complexity index is 1790. The minimum Gasteiger partial charge on any atom is -0.490 e. The number of ether oxygens (including phenoxy) is 6. The Hall–Kier alpha value is -4.07. The van der Waals surface area contributed by atoms with E-state index in [1.54, 1.807) is 0 Å². The highest BCUT2D eigenvalue weighted by atomic mass is 16.5. The van der Waals surface area contributed by atoms with Crippen LogP contribution in [0.3, 0.4) is 0 Å². The van der Waals surface area contributed by atoms with Crippen LogP contribution in [0.1, 0.15) is 170 Å². The van der Waals surface area contributed by atoms with Crippen molar-refractivity contribution in [1.82, 2.24) is 5.32 Å². The SMILES string of the molecule is CCCCCCOc1cc2c3cc(OCCCCCC)c(OCCCCCC)cc3c3cc(OCC(=O)NCC)c(OCCCCCC)cc3c2cc1OCCCCCC. The Kier molecular flexibility index (Phi) is 23.0. The Morgan fingerprint density at radius 1 is 0.350 bits per heavy atom. The summed E-state index contributed by atoms with van der Waals surface area (Å²) < 4.78 is 39.3. The molecule has 4 aromatic carbocycles. The second kappa shape index (κ2) is 28.5. The van der Waals surface area contributed by atoms with E-state index in [9.17, 15) is 4.79 Å². The second-order valence-corrected chi connectivity index (χ2v) is 16.3. The highest BCUT2D eigenvalue weighted by Crippen LogP contribution is 2.47. The first kappa shape index (κ1) is 48.6. The van der Waals surface area contributed by atoms with E-state index >= 15 is 0 Å². The number of rotatable bonds is 34. The van der Waals surface area contributed by atoms with Crippen molar-refractivity contribution in [1.29, 1.82) is 0 Å². The second-order valence-electron chi connectivity index (χ2n) is 16.3. The van der Waals surface area contributed by atoms with Crippen LogP contribution < -0.4 is 33.7 Å². The van der Waals surface area contributed by atoms with Crippen LogP contribution in [0.4, 0.5) is 0 Å². The van der Waals surface area contributed by atoms with Crippen LogP contribution >= 0.6 is 0 Å². The topological polar surface area (TPSA) is 84.5 Å². The van der Waals surface area contributed by atoms with E-state index in [2.05, 4.69) is 76.3 Å². The highest BCUT2D eigenvalue weighted by Gasteiger charge is 2.21. The molecule has 0 heterocycles. The summed E-state index contributed by atoms with van der Waals surface area (Å²) in [7, 11) is 0. The molecule has 0 bridgehead atoms. The number of benzene rings is 4. The van der Waals surface area contributed by atoms with Gasteiger partial charge in [0, 0.05) is 6.54 Å². The van der Waals surface area contributed by atoms with Gasteiger partial charge in [-0.05, 0) is 108 Å². The van der Waals surface area contributed by atoms with E-state index in [4.69, 9.17) is 28.4 Å². The van der Waals surface area contributed by atoms with E-state index in [1.165, 1.54) is 51.4 Å². The van der Waals surface area contributed by atoms with Crippen molar-refractivity contribution in [2.45, 2.75) is 170 Å². The lowest BCUT2D eigenvalue weighted by atomic mass is 9.93. The number of nitrogens with one attached hydrogen (secondary N) is 1. The zero-order valence-corrected chi connectivity index (χ0v) is 38.4. The molecule has 4 rings (SSSR count). The Labute approximate surface area is 362 Å². The predicted octanol–water partition coefficient (Wildman–Crippen LogP) is 14.5. The predicted molar refractivity (Wildman–Crippen MR) is 251 cm³/mol. The number of carbonyl (C=O) groups excluding carboxylic acids is 1. The van der Waals surface area contributed by atoms with Gasteiger partial charge in [-0.15, -0.1) is 0 Å². The third kappa shape index (κ3) is 15.4. The number of fused-ring (bicyclic) bond motifs is 6. The van der Waals surface area contributed by atoms with Gasteiger partial charge in [0.2, 0.25) is 0 Å². The molecule has 60 heavy (non-hydrogen) atoms. The van der Waals surface area contributed by atoms with Crippen LogP contribution in [0.2, 0.25) is 0 Å². The molecule has 0 fully saturated rings. The molecule has 0 saturated carbocycles. The molecule has 0 aromatic heterocycles. The molecule has 0 aliphatic heterocycles. The van der Waals surface area contributed by atoms with Crippen LogP contribution in [-0.2, 0) is 4.79 Å². The molecule has 0 unspecified atom stereocenters. The lowest BCUT2D eigenvalue weighted by molar-refractivity contribution is -0.123. The number of hydrogen-bond donors (Lipinski definition) is 1. The fourth-order valence-electron chi connectivity index (χ4n) is 7.64. The van der Waals surface area contributed by atoms with Gasteiger partial charge in [0.25, 0.3) is 5.91 Å². The summed E-state index contributed by atoms with van der Waals surface area (Å²) in [6.45, 7) is 16.6. The fourth-order valence-corrected chi connectivity index (χ4v) is 7.64. The van der Waals surface area contributed by atoms with Gasteiger partial charge in [-0.2, -0.15) is 0 Å². The van der Waals surface area contributed by atoms with Gasteiger partial charge < -0.3 is 33.7 Å². The smallest absolute Gasteiger partial charge is 0.257 e. The van der Waals surface area contributed by atoms with Gasteiger partial charge in [0.05, 0.1) is 33.0 Å². The third-order valence-electron chi connectivity index (χ3n) is 11.1. The largest absolute Gasteiger partial charge is 0.490 e. The molecule has 0 radical (unpaired) electrons. The molecule has 1 N–H and O–H groups in total. The monoisotopic (exact) mass is 830 g/mol.